The molecule has 0 bridgehead atoms. The fourth-order valence-corrected chi connectivity index (χ4v) is 2.94. The summed E-state index contributed by atoms with van der Waals surface area (Å²) in [5.41, 5.74) is 1.25. The van der Waals surface area contributed by atoms with Crippen molar-refractivity contribution in [3.05, 3.63) is 28.2 Å². The Morgan fingerprint density at radius 3 is 3.00 bits per heavy atom. The fraction of sp³-hybridized carbons (Fsp3) is 0.538. The Kier molecular flexibility index (Phi) is 4.42. The van der Waals surface area contributed by atoms with Gasteiger partial charge in [0.05, 0.1) is 18.2 Å². The number of nitrogens with zero attached hydrogens (tertiary/aromatic N) is 1. The van der Waals surface area contributed by atoms with Crippen molar-refractivity contribution in [2.45, 2.75) is 25.4 Å². The smallest absolute Gasteiger partial charge is 0.133 e. The lowest BCUT2D eigenvalue weighted by molar-refractivity contribution is 0.153. The molecule has 0 aliphatic carbocycles. The highest BCUT2D eigenvalue weighted by molar-refractivity contribution is 9.10. The second kappa shape index (κ2) is 5.85. The van der Waals surface area contributed by atoms with E-state index < -0.39 is 0 Å². The van der Waals surface area contributed by atoms with E-state index in [2.05, 4.69) is 33.0 Å². The maximum atomic E-state index is 9.28. The van der Waals surface area contributed by atoms with Crippen LogP contribution in [0, 0.1) is 0 Å². The lowest BCUT2D eigenvalue weighted by Gasteiger charge is -2.22. The molecule has 0 saturated carbocycles. The van der Waals surface area contributed by atoms with Gasteiger partial charge in [-0.2, -0.15) is 0 Å². The number of methoxy groups -OCH3 is 1. The lowest BCUT2D eigenvalue weighted by atomic mass is 10.2. The van der Waals surface area contributed by atoms with Crippen LogP contribution in [0.25, 0.3) is 0 Å². The first-order valence-electron chi connectivity index (χ1n) is 5.92. The summed E-state index contributed by atoms with van der Waals surface area (Å²) in [4.78, 5) is 2.34. The van der Waals surface area contributed by atoms with Gasteiger partial charge < -0.3 is 9.84 Å². The van der Waals surface area contributed by atoms with E-state index in [0.717, 1.165) is 29.7 Å². The zero-order valence-corrected chi connectivity index (χ0v) is 11.6. The van der Waals surface area contributed by atoms with E-state index in [9.17, 15) is 5.11 Å². The van der Waals surface area contributed by atoms with Crippen LogP contribution < -0.4 is 4.74 Å². The zero-order chi connectivity index (χ0) is 12.3. The summed E-state index contributed by atoms with van der Waals surface area (Å²) in [5.74, 6) is 0.855. The number of aliphatic hydroxyl groups excluding tert-OH is 1. The van der Waals surface area contributed by atoms with Gasteiger partial charge >= 0.3 is 0 Å². The summed E-state index contributed by atoms with van der Waals surface area (Å²) in [6.07, 6.45) is 2.29. The van der Waals surface area contributed by atoms with E-state index >= 15 is 0 Å². The SMILES string of the molecule is COc1ccc(CN2CCC[C@H]2CO)cc1Br. The van der Waals surface area contributed by atoms with Crippen molar-refractivity contribution in [2.75, 3.05) is 20.3 Å². The first-order valence-corrected chi connectivity index (χ1v) is 6.71. The molecule has 0 aromatic heterocycles. The van der Waals surface area contributed by atoms with Gasteiger partial charge in [-0.1, -0.05) is 6.07 Å². The molecule has 1 heterocycles. The molecule has 1 saturated heterocycles. The van der Waals surface area contributed by atoms with Gasteiger partial charge in [-0.25, -0.2) is 0 Å². The van der Waals surface area contributed by atoms with Crippen molar-refractivity contribution in [1.29, 1.82) is 0 Å². The summed E-state index contributed by atoms with van der Waals surface area (Å²) < 4.78 is 6.20. The van der Waals surface area contributed by atoms with E-state index in [-0.39, 0.29) is 6.61 Å². The van der Waals surface area contributed by atoms with Crippen LogP contribution in [-0.4, -0.2) is 36.3 Å². The van der Waals surface area contributed by atoms with Crippen LogP contribution >= 0.6 is 15.9 Å². The van der Waals surface area contributed by atoms with Crippen LogP contribution in [0.1, 0.15) is 18.4 Å². The molecule has 17 heavy (non-hydrogen) atoms. The predicted octanol–water partition coefficient (Wildman–Crippen LogP) is 2.41. The number of ether oxygens (including phenoxy) is 1. The van der Waals surface area contributed by atoms with Gasteiger partial charge in [-0.05, 0) is 53.0 Å². The van der Waals surface area contributed by atoms with Crippen molar-refractivity contribution in [3.8, 4) is 5.75 Å². The molecule has 2 rings (SSSR count). The first-order chi connectivity index (χ1) is 8.24. The van der Waals surface area contributed by atoms with Crippen LogP contribution in [0.3, 0.4) is 0 Å². The molecule has 0 unspecified atom stereocenters. The summed E-state index contributed by atoms with van der Waals surface area (Å²) in [5, 5.41) is 9.28. The molecule has 0 amide bonds. The summed E-state index contributed by atoms with van der Waals surface area (Å²) >= 11 is 3.50. The Morgan fingerprint density at radius 2 is 2.35 bits per heavy atom. The second-order valence-corrected chi connectivity index (χ2v) is 5.27. The number of hydrogen-bond donors (Lipinski definition) is 1. The van der Waals surface area contributed by atoms with E-state index in [1.165, 1.54) is 12.0 Å². The highest BCUT2D eigenvalue weighted by Crippen LogP contribution is 2.27. The highest BCUT2D eigenvalue weighted by atomic mass is 79.9. The number of hydrogen-bond acceptors (Lipinski definition) is 3. The minimum atomic E-state index is 0.261. The molecule has 94 valence electrons. The maximum Gasteiger partial charge on any atom is 0.133 e. The Hall–Kier alpha value is -0.580. The molecule has 1 aliphatic rings. The largest absolute Gasteiger partial charge is 0.496 e. The van der Waals surface area contributed by atoms with E-state index in [1.807, 2.05) is 6.07 Å². The molecule has 1 atom stereocenters. The van der Waals surface area contributed by atoms with Crippen LogP contribution in [-0.2, 0) is 6.54 Å². The third-order valence-corrected chi connectivity index (χ3v) is 3.93. The minimum Gasteiger partial charge on any atom is -0.496 e. The van der Waals surface area contributed by atoms with Gasteiger partial charge in [0.25, 0.3) is 0 Å². The molecule has 1 aliphatic heterocycles. The Labute approximate surface area is 111 Å². The molecule has 0 spiro atoms. The number of aliphatic hydroxyl groups is 1. The van der Waals surface area contributed by atoms with Crippen molar-refractivity contribution >= 4 is 15.9 Å². The summed E-state index contributed by atoms with van der Waals surface area (Å²) in [7, 11) is 1.67. The Morgan fingerprint density at radius 1 is 1.53 bits per heavy atom. The lowest BCUT2D eigenvalue weighted by Crippen LogP contribution is -2.31. The Bertz CT molecular complexity index is 384. The van der Waals surface area contributed by atoms with E-state index in [4.69, 9.17) is 4.74 Å². The molecule has 1 aromatic carbocycles. The van der Waals surface area contributed by atoms with Gasteiger partial charge in [-0.3, -0.25) is 4.90 Å². The third-order valence-electron chi connectivity index (χ3n) is 3.31. The fourth-order valence-electron chi connectivity index (χ4n) is 2.35. The number of benzene rings is 1. The van der Waals surface area contributed by atoms with Crippen molar-refractivity contribution in [2.24, 2.45) is 0 Å². The average Bonchev–Trinajstić information content (AvgIpc) is 2.76. The third kappa shape index (κ3) is 3.00. The first kappa shape index (κ1) is 12.9. The van der Waals surface area contributed by atoms with Crippen molar-refractivity contribution in [3.63, 3.8) is 0 Å². The summed E-state index contributed by atoms with van der Waals surface area (Å²) in [6.45, 7) is 2.24. The van der Waals surface area contributed by atoms with E-state index in [1.54, 1.807) is 7.11 Å². The standard InChI is InChI=1S/C13H18BrNO2/c1-17-13-5-4-10(7-12(13)14)8-15-6-2-3-11(15)9-16/h4-5,7,11,16H,2-3,6,8-9H2,1H3/t11-/m0/s1. The average molecular weight is 300 g/mol. The van der Waals surface area contributed by atoms with Crippen LogP contribution in [0.15, 0.2) is 22.7 Å². The Balaban J connectivity index is 2.05. The van der Waals surface area contributed by atoms with Crippen LogP contribution in [0.2, 0.25) is 0 Å². The molecule has 1 aromatic rings. The molecule has 3 nitrogen and oxygen atoms in total. The van der Waals surface area contributed by atoms with Gasteiger partial charge in [0.15, 0.2) is 0 Å². The molecule has 4 heteroatoms. The second-order valence-electron chi connectivity index (χ2n) is 4.42. The van der Waals surface area contributed by atoms with Crippen LogP contribution in [0.4, 0.5) is 0 Å². The quantitative estimate of drug-likeness (QED) is 0.927. The molecular formula is C13H18BrNO2. The molecular weight excluding hydrogens is 282 g/mol. The highest BCUT2D eigenvalue weighted by Gasteiger charge is 2.23. The number of rotatable bonds is 4. The number of halogens is 1. The normalized spacial score (nSPS) is 20.8. The topological polar surface area (TPSA) is 32.7 Å². The maximum absolute atomic E-state index is 9.28. The molecule has 0 radical (unpaired) electrons. The monoisotopic (exact) mass is 299 g/mol. The number of likely N-dealkylation sites (tertiary alicyclic amines) is 1. The van der Waals surface area contributed by atoms with E-state index in [0.29, 0.717) is 6.04 Å². The molecule has 1 N–H and O–H groups in total. The van der Waals surface area contributed by atoms with Gasteiger partial charge in [0.1, 0.15) is 5.75 Å². The van der Waals surface area contributed by atoms with Gasteiger partial charge in [0, 0.05) is 12.6 Å². The van der Waals surface area contributed by atoms with Crippen molar-refractivity contribution < 1.29 is 9.84 Å². The van der Waals surface area contributed by atoms with Crippen LogP contribution in [0.5, 0.6) is 5.75 Å². The predicted molar refractivity (Wildman–Crippen MR) is 71.2 cm³/mol. The van der Waals surface area contributed by atoms with Gasteiger partial charge in [-0.15, -0.1) is 0 Å². The van der Waals surface area contributed by atoms with Gasteiger partial charge in [0.2, 0.25) is 0 Å². The summed E-state index contributed by atoms with van der Waals surface area (Å²) in [6, 6.07) is 6.47. The van der Waals surface area contributed by atoms with Crippen molar-refractivity contribution in [1.82, 2.24) is 4.90 Å². The molecule has 1 fully saturated rings. The minimum absolute atomic E-state index is 0.261. The zero-order valence-electron chi connectivity index (χ0n) is 10.0.